The number of nitrogens with zero attached hydrogens (tertiary/aromatic N) is 1. The minimum absolute atomic E-state index is 0.0299. The average Bonchev–Trinajstić information content (AvgIpc) is 2.44. The summed E-state index contributed by atoms with van der Waals surface area (Å²) in [5.41, 5.74) is 6.39. The van der Waals surface area contributed by atoms with Gasteiger partial charge in [-0.25, -0.2) is 4.79 Å². The molecule has 0 radical (unpaired) electrons. The number of ether oxygens (including phenoxy) is 1. The molecular formula is C14H17F3N2O2. The molecule has 4 nitrogen and oxygen atoms in total. The van der Waals surface area contributed by atoms with Gasteiger partial charge in [0.15, 0.2) is 0 Å². The van der Waals surface area contributed by atoms with Crippen LogP contribution in [0.15, 0.2) is 30.3 Å². The first-order chi connectivity index (χ1) is 9.86. The van der Waals surface area contributed by atoms with Crippen LogP contribution in [0.5, 0.6) is 0 Å². The second-order valence-electron chi connectivity index (χ2n) is 5.18. The van der Waals surface area contributed by atoms with Crippen LogP contribution in [0.4, 0.5) is 18.0 Å². The lowest BCUT2D eigenvalue weighted by molar-refractivity contribution is -0.186. The summed E-state index contributed by atoms with van der Waals surface area (Å²) in [6, 6.07) is 8.26. The van der Waals surface area contributed by atoms with Gasteiger partial charge in [-0.1, -0.05) is 30.3 Å². The van der Waals surface area contributed by atoms with Gasteiger partial charge in [0.25, 0.3) is 0 Å². The summed E-state index contributed by atoms with van der Waals surface area (Å²) in [7, 11) is 0. The Balaban J connectivity index is 1.92. The predicted octanol–water partition coefficient (Wildman–Crippen LogP) is 2.53. The highest BCUT2D eigenvalue weighted by Crippen LogP contribution is 2.33. The number of benzene rings is 1. The highest BCUT2D eigenvalue weighted by atomic mass is 19.4. The largest absolute Gasteiger partial charge is 0.445 e. The third-order valence-corrected chi connectivity index (χ3v) is 3.41. The molecule has 1 fully saturated rings. The molecule has 1 aromatic carbocycles. The highest BCUT2D eigenvalue weighted by molar-refractivity contribution is 5.67. The first-order valence-corrected chi connectivity index (χ1v) is 6.64. The van der Waals surface area contributed by atoms with E-state index in [4.69, 9.17) is 10.5 Å². The monoisotopic (exact) mass is 302 g/mol. The van der Waals surface area contributed by atoms with Crippen LogP contribution in [0.2, 0.25) is 0 Å². The topological polar surface area (TPSA) is 55.6 Å². The summed E-state index contributed by atoms with van der Waals surface area (Å²) in [4.78, 5) is 12.9. The smallest absolute Gasteiger partial charge is 0.410 e. The maximum absolute atomic E-state index is 12.8. The Morgan fingerprint density at radius 2 is 1.95 bits per heavy atom. The summed E-state index contributed by atoms with van der Waals surface area (Å²) < 4.78 is 43.3. The van der Waals surface area contributed by atoms with Crippen molar-refractivity contribution in [3.05, 3.63) is 35.9 Å². The zero-order valence-corrected chi connectivity index (χ0v) is 11.3. The van der Waals surface area contributed by atoms with Crippen LogP contribution in [-0.4, -0.2) is 36.3 Å². The molecule has 2 N–H and O–H groups in total. The molecule has 0 bridgehead atoms. The first kappa shape index (κ1) is 15.6. The molecule has 21 heavy (non-hydrogen) atoms. The molecule has 1 aromatic rings. The maximum Gasteiger partial charge on any atom is 0.410 e. The molecule has 0 saturated carbocycles. The number of carbonyl (C=O) groups is 1. The van der Waals surface area contributed by atoms with Crippen LogP contribution in [0, 0.1) is 5.92 Å². The number of carbonyl (C=O) groups excluding carboxylic acids is 1. The highest BCUT2D eigenvalue weighted by Gasteiger charge is 2.45. The van der Waals surface area contributed by atoms with E-state index < -0.39 is 30.8 Å². The standard InChI is InChI=1S/C14H17F3N2O2/c15-14(16,17)11-6-12(18)8-19(7-11)13(20)21-9-10-4-2-1-3-5-10/h1-5,11-12H,6-9,18H2/t11-,12-/m1/s1. The fraction of sp³-hybridized carbons (Fsp3) is 0.500. The van der Waals surface area contributed by atoms with E-state index in [1.165, 1.54) is 0 Å². The SMILES string of the molecule is N[C@@H]1C[C@@H](C(F)(F)F)CN(C(=O)OCc2ccccc2)C1. The second kappa shape index (κ2) is 6.34. The Hall–Kier alpha value is -1.76. The third-order valence-electron chi connectivity index (χ3n) is 3.41. The molecule has 2 atom stereocenters. The Morgan fingerprint density at radius 3 is 2.57 bits per heavy atom. The normalized spacial score (nSPS) is 23.0. The van der Waals surface area contributed by atoms with Gasteiger partial charge in [0, 0.05) is 19.1 Å². The summed E-state index contributed by atoms with van der Waals surface area (Å²) in [6.45, 7) is -0.285. The minimum atomic E-state index is -4.35. The van der Waals surface area contributed by atoms with E-state index in [2.05, 4.69) is 0 Å². The van der Waals surface area contributed by atoms with E-state index in [1.807, 2.05) is 6.07 Å². The number of nitrogens with two attached hydrogens (primary N) is 1. The summed E-state index contributed by atoms with van der Waals surface area (Å²) >= 11 is 0. The lowest BCUT2D eigenvalue weighted by Gasteiger charge is -2.36. The number of alkyl halides is 3. The van der Waals surface area contributed by atoms with E-state index in [0.717, 1.165) is 10.5 Å². The molecule has 0 unspecified atom stereocenters. The van der Waals surface area contributed by atoms with Crippen molar-refractivity contribution in [2.24, 2.45) is 11.7 Å². The lowest BCUT2D eigenvalue weighted by atomic mass is 9.94. The molecule has 1 aliphatic rings. The van der Waals surface area contributed by atoms with Crippen molar-refractivity contribution in [2.45, 2.75) is 25.2 Å². The molecule has 7 heteroatoms. The van der Waals surface area contributed by atoms with Gasteiger partial charge in [0.1, 0.15) is 6.61 Å². The first-order valence-electron chi connectivity index (χ1n) is 6.64. The van der Waals surface area contributed by atoms with Gasteiger partial charge in [-0.3, -0.25) is 0 Å². The molecule has 2 rings (SSSR count). The molecule has 0 aromatic heterocycles. The van der Waals surface area contributed by atoms with Crippen molar-refractivity contribution in [2.75, 3.05) is 13.1 Å². The number of rotatable bonds is 2. The van der Waals surface area contributed by atoms with Gasteiger partial charge in [-0.05, 0) is 12.0 Å². The lowest BCUT2D eigenvalue weighted by Crippen LogP contribution is -2.52. The molecule has 1 amide bonds. The van der Waals surface area contributed by atoms with Gasteiger partial charge in [0.05, 0.1) is 5.92 Å². The fourth-order valence-corrected chi connectivity index (χ4v) is 2.33. The van der Waals surface area contributed by atoms with Gasteiger partial charge in [-0.15, -0.1) is 0 Å². The number of amides is 1. The Morgan fingerprint density at radius 1 is 1.29 bits per heavy atom. The second-order valence-corrected chi connectivity index (χ2v) is 5.18. The van der Waals surface area contributed by atoms with Crippen LogP contribution in [0.25, 0.3) is 0 Å². The van der Waals surface area contributed by atoms with Gasteiger partial charge in [0.2, 0.25) is 0 Å². The number of hydrogen-bond donors (Lipinski definition) is 1. The van der Waals surface area contributed by atoms with Crippen molar-refractivity contribution < 1.29 is 22.7 Å². The zero-order chi connectivity index (χ0) is 15.5. The Labute approximate surface area is 120 Å². The molecule has 1 saturated heterocycles. The molecule has 1 aliphatic heterocycles. The zero-order valence-electron chi connectivity index (χ0n) is 11.3. The van der Waals surface area contributed by atoms with Crippen LogP contribution in [0.3, 0.4) is 0 Å². The van der Waals surface area contributed by atoms with E-state index in [1.54, 1.807) is 24.3 Å². The van der Waals surface area contributed by atoms with E-state index in [-0.39, 0.29) is 19.6 Å². The van der Waals surface area contributed by atoms with Crippen molar-refractivity contribution in [3.8, 4) is 0 Å². The molecule has 116 valence electrons. The van der Waals surface area contributed by atoms with Crippen molar-refractivity contribution in [3.63, 3.8) is 0 Å². The number of piperidine rings is 1. The number of likely N-dealkylation sites (tertiary alicyclic amines) is 1. The molecule has 1 heterocycles. The van der Waals surface area contributed by atoms with Crippen LogP contribution in [0.1, 0.15) is 12.0 Å². The average molecular weight is 302 g/mol. The van der Waals surface area contributed by atoms with Crippen molar-refractivity contribution in [1.29, 1.82) is 0 Å². The molecule has 0 spiro atoms. The Kier molecular flexibility index (Phi) is 4.72. The van der Waals surface area contributed by atoms with E-state index >= 15 is 0 Å². The maximum atomic E-state index is 12.8. The van der Waals surface area contributed by atoms with Crippen LogP contribution in [-0.2, 0) is 11.3 Å². The van der Waals surface area contributed by atoms with E-state index in [9.17, 15) is 18.0 Å². The summed E-state index contributed by atoms with van der Waals surface area (Å²) in [5.74, 6) is -1.59. The van der Waals surface area contributed by atoms with Crippen LogP contribution >= 0.6 is 0 Å². The number of hydrogen-bond acceptors (Lipinski definition) is 3. The van der Waals surface area contributed by atoms with Gasteiger partial charge >= 0.3 is 12.3 Å². The van der Waals surface area contributed by atoms with Crippen molar-refractivity contribution >= 4 is 6.09 Å². The predicted molar refractivity (Wildman–Crippen MR) is 70.3 cm³/mol. The van der Waals surface area contributed by atoms with Gasteiger partial charge < -0.3 is 15.4 Å². The van der Waals surface area contributed by atoms with Crippen LogP contribution < -0.4 is 5.73 Å². The minimum Gasteiger partial charge on any atom is -0.445 e. The quantitative estimate of drug-likeness (QED) is 0.913. The molecule has 0 aliphatic carbocycles. The van der Waals surface area contributed by atoms with Crippen molar-refractivity contribution in [1.82, 2.24) is 4.90 Å². The Bertz CT molecular complexity index is 479. The fourth-order valence-electron chi connectivity index (χ4n) is 2.33. The molecular weight excluding hydrogens is 285 g/mol. The third kappa shape index (κ3) is 4.35. The number of halogens is 3. The van der Waals surface area contributed by atoms with Gasteiger partial charge in [-0.2, -0.15) is 13.2 Å². The van der Waals surface area contributed by atoms with E-state index in [0.29, 0.717) is 0 Å². The summed E-state index contributed by atoms with van der Waals surface area (Å²) in [6.07, 6.45) is -5.27. The summed E-state index contributed by atoms with van der Waals surface area (Å²) in [5, 5.41) is 0.